The average Bonchev–Trinajstić information content (AvgIpc) is 2.58. The number of rotatable bonds is 3. The number of carbonyl (C=O) groups excluding carboxylic acids is 1. The molecule has 0 spiro atoms. The van der Waals surface area contributed by atoms with Crippen molar-refractivity contribution in [2.24, 2.45) is 0 Å². The molecule has 0 radical (unpaired) electrons. The first-order valence-corrected chi connectivity index (χ1v) is 7.45. The Hall–Kier alpha value is -2.61. The van der Waals surface area contributed by atoms with E-state index in [0.717, 1.165) is 22.3 Å². The smallest absolute Gasteiger partial charge is 0.255 e. The van der Waals surface area contributed by atoms with Crippen LogP contribution in [0.15, 0.2) is 72.8 Å². The molecule has 0 saturated carbocycles. The molecule has 0 N–H and O–H groups in total. The molecular formula is C20H19NO. The second-order valence-corrected chi connectivity index (χ2v) is 5.56. The highest BCUT2D eigenvalue weighted by molar-refractivity contribution is 6.03. The first-order chi connectivity index (χ1) is 10.7. The fraction of sp³-hybridized carbons (Fsp3) is 0.150. The summed E-state index contributed by atoms with van der Waals surface area (Å²) in [7, 11) is 0. The van der Waals surface area contributed by atoms with E-state index >= 15 is 0 Å². The van der Waals surface area contributed by atoms with Crippen LogP contribution in [-0.4, -0.2) is 17.4 Å². The van der Waals surface area contributed by atoms with Crippen molar-refractivity contribution in [3.8, 4) is 0 Å². The molecule has 2 nitrogen and oxygen atoms in total. The number of carbonyl (C=O) groups is 1. The van der Waals surface area contributed by atoms with Gasteiger partial charge in [0.05, 0.1) is 0 Å². The molecule has 0 unspecified atom stereocenters. The zero-order chi connectivity index (χ0) is 15.5. The first kappa shape index (κ1) is 14.3. The normalized spacial score (nSPS) is 16.2. The molecule has 1 aliphatic rings. The number of hydrogen-bond acceptors (Lipinski definition) is 1. The minimum absolute atomic E-state index is 0.0973. The van der Waals surface area contributed by atoms with Gasteiger partial charge in [-0.15, -0.1) is 0 Å². The molecule has 1 aliphatic heterocycles. The third kappa shape index (κ3) is 2.60. The van der Waals surface area contributed by atoms with Gasteiger partial charge in [0.1, 0.15) is 0 Å². The van der Waals surface area contributed by atoms with Crippen LogP contribution in [0.1, 0.15) is 28.4 Å². The van der Waals surface area contributed by atoms with Crippen molar-refractivity contribution in [3.05, 3.63) is 89.5 Å². The molecule has 0 atom stereocenters. The highest BCUT2D eigenvalue weighted by Gasteiger charge is 2.27. The van der Waals surface area contributed by atoms with Crippen molar-refractivity contribution >= 4 is 11.5 Å². The Balaban J connectivity index is 2.02. The van der Waals surface area contributed by atoms with E-state index in [9.17, 15) is 4.79 Å². The average molecular weight is 289 g/mol. The zero-order valence-electron chi connectivity index (χ0n) is 12.8. The third-order valence-electron chi connectivity index (χ3n) is 4.12. The van der Waals surface area contributed by atoms with Gasteiger partial charge in [-0.1, -0.05) is 61.2 Å². The third-order valence-corrected chi connectivity index (χ3v) is 4.12. The molecular weight excluding hydrogens is 270 g/mol. The predicted octanol–water partition coefficient (Wildman–Crippen LogP) is 4.30. The molecule has 1 amide bonds. The van der Waals surface area contributed by atoms with E-state index < -0.39 is 0 Å². The van der Waals surface area contributed by atoms with Crippen molar-refractivity contribution in [2.75, 3.05) is 6.54 Å². The second kappa shape index (κ2) is 6.02. The Morgan fingerprint density at radius 2 is 1.73 bits per heavy atom. The van der Waals surface area contributed by atoms with Crippen LogP contribution in [0.4, 0.5) is 0 Å². The lowest BCUT2D eigenvalue weighted by Gasteiger charge is -2.31. The molecule has 110 valence electrons. The van der Waals surface area contributed by atoms with E-state index in [2.05, 4.69) is 25.6 Å². The van der Waals surface area contributed by atoms with Crippen molar-refractivity contribution in [2.45, 2.75) is 13.5 Å². The highest BCUT2D eigenvalue weighted by atomic mass is 16.2. The van der Waals surface area contributed by atoms with Gasteiger partial charge in [0, 0.05) is 18.7 Å². The second-order valence-electron chi connectivity index (χ2n) is 5.56. The SMILES string of the molecule is C=C/C(C)=C1\CN(Cc2ccccc2)C(=O)c2ccccc21. The van der Waals surface area contributed by atoms with E-state index in [1.165, 1.54) is 5.57 Å². The molecule has 0 saturated heterocycles. The Morgan fingerprint density at radius 1 is 1.09 bits per heavy atom. The number of nitrogens with zero attached hydrogens (tertiary/aromatic N) is 1. The lowest BCUT2D eigenvalue weighted by atomic mass is 9.91. The number of benzene rings is 2. The minimum atomic E-state index is 0.0973. The topological polar surface area (TPSA) is 20.3 Å². The molecule has 0 fully saturated rings. The predicted molar refractivity (Wildman–Crippen MR) is 90.4 cm³/mol. The maximum atomic E-state index is 12.8. The van der Waals surface area contributed by atoms with Gasteiger partial charge in [-0.3, -0.25) is 4.79 Å². The van der Waals surface area contributed by atoms with Crippen molar-refractivity contribution < 1.29 is 4.79 Å². The standard InChI is InChI=1S/C20H19NO/c1-3-15(2)19-14-21(13-16-9-5-4-6-10-16)20(22)18-12-8-7-11-17(18)19/h3-12H,1,13-14H2,2H3/b19-15+. The Morgan fingerprint density at radius 3 is 2.41 bits per heavy atom. The van der Waals surface area contributed by atoms with Crippen molar-refractivity contribution in [1.29, 1.82) is 0 Å². The summed E-state index contributed by atoms with van der Waals surface area (Å²) < 4.78 is 0. The molecule has 0 bridgehead atoms. The van der Waals surface area contributed by atoms with Gasteiger partial charge in [0.2, 0.25) is 0 Å². The van der Waals surface area contributed by atoms with Gasteiger partial charge in [-0.25, -0.2) is 0 Å². The minimum Gasteiger partial charge on any atom is -0.330 e. The van der Waals surface area contributed by atoms with E-state index in [-0.39, 0.29) is 5.91 Å². The Bertz CT molecular complexity index is 743. The van der Waals surface area contributed by atoms with E-state index in [1.807, 2.05) is 53.4 Å². The van der Waals surface area contributed by atoms with Crippen molar-refractivity contribution in [3.63, 3.8) is 0 Å². The van der Waals surface area contributed by atoms with Gasteiger partial charge in [0.15, 0.2) is 0 Å². The Labute approximate surface area is 131 Å². The summed E-state index contributed by atoms with van der Waals surface area (Å²) in [5, 5.41) is 0. The lowest BCUT2D eigenvalue weighted by molar-refractivity contribution is 0.0757. The molecule has 2 aromatic rings. The van der Waals surface area contributed by atoms with Crippen molar-refractivity contribution in [1.82, 2.24) is 4.90 Å². The maximum absolute atomic E-state index is 12.8. The van der Waals surface area contributed by atoms with Crippen LogP contribution >= 0.6 is 0 Å². The fourth-order valence-corrected chi connectivity index (χ4v) is 2.84. The van der Waals surface area contributed by atoms with Crippen LogP contribution in [0, 0.1) is 0 Å². The molecule has 0 aliphatic carbocycles. The summed E-state index contributed by atoms with van der Waals surface area (Å²) >= 11 is 0. The number of amides is 1. The van der Waals surface area contributed by atoms with E-state index in [0.29, 0.717) is 13.1 Å². The van der Waals surface area contributed by atoms with Crippen LogP contribution in [0.25, 0.3) is 5.57 Å². The molecule has 0 aromatic heterocycles. The van der Waals surface area contributed by atoms with Gasteiger partial charge in [-0.05, 0) is 35.3 Å². The summed E-state index contributed by atoms with van der Waals surface area (Å²) in [4.78, 5) is 14.7. The van der Waals surface area contributed by atoms with Gasteiger partial charge in [0.25, 0.3) is 5.91 Å². The summed E-state index contributed by atoms with van der Waals surface area (Å²) in [6, 6.07) is 17.9. The Kier molecular flexibility index (Phi) is 3.92. The largest absolute Gasteiger partial charge is 0.330 e. The monoisotopic (exact) mass is 289 g/mol. The quantitative estimate of drug-likeness (QED) is 0.825. The van der Waals surface area contributed by atoms with Crippen LogP contribution < -0.4 is 0 Å². The van der Waals surface area contributed by atoms with Crippen LogP contribution in [0.2, 0.25) is 0 Å². The lowest BCUT2D eigenvalue weighted by Crippen LogP contribution is -2.36. The number of allylic oxidation sites excluding steroid dienone is 2. The van der Waals surface area contributed by atoms with Crippen LogP contribution in [0.5, 0.6) is 0 Å². The molecule has 2 aromatic carbocycles. The van der Waals surface area contributed by atoms with E-state index in [1.54, 1.807) is 0 Å². The summed E-state index contributed by atoms with van der Waals surface area (Å²) in [6.07, 6.45) is 1.86. The highest BCUT2D eigenvalue weighted by Crippen LogP contribution is 2.30. The number of fused-ring (bicyclic) bond motifs is 1. The molecule has 2 heteroatoms. The summed E-state index contributed by atoms with van der Waals surface area (Å²) in [5.74, 6) is 0.0973. The molecule has 1 heterocycles. The van der Waals surface area contributed by atoms with Gasteiger partial charge >= 0.3 is 0 Å². The molecule has 3 rings (SSSR count). The van der Waals surface area contributed by atoms with Gasteiger partial charge < -0.3 is 4.90 Å². The zero-order valence-corrected chi connectivity index (χ0v) is 12.8. The fourth-order valence-electron chi connectivity index (χ4n) is 2.84. The number of hydrogen-bond donors (Lipinski definition) is 0. The summed E-state index contributed by atoms with van der Waals surface area (Å²) in [5.41, 5.74) is 5.26. The van der Waals surface area contributed by atoms with Gasteiger partial charge in [-0.2, -0.15) is 0 Å². The molecule has 22 heavy (non-hydrogen) atoms. The van der Waals surface area contributed by atoms with Crippen LogP contribution in [0.3, 0.4) is 0 Å². The summed E-state index contributed by atoms with van der Waals surface area (Å²) in [6.45, 7) is 7.18. The van der Waals surface area contributed by atoms with Crippen LogP contribution in [-0.2, 0) is 6.54 Å². The first-order valence-electron chi connectivity index (χ1n) is 7.45. The van der Waals surface area contributed by atoms with E-state index in [4.69, 9.17) is 0 Å². The maximum Gasteiger partial charge on any atom is 0.255 e.